The molecule has 0 amide bonds. The molecular weight excluding hydrogens is 274 g/mol. The van der Waals surface area contributed by atoms with Gasteiger partial charge in [-0.1, -0.05) is 13.0 Å². The molecule has 4 aliphatic rings. The number of Topliss-reactive ketones (excluding diaryl/α,β-unsaturated/α-hetero) is 1. The fraction of sp³-hybridized carbons (Fsp3) is 0.632. The third-order valence-electron chi connectivity index (χ3n) is 6.98. The Bertz CT molecular complexity index is 640. The normalized spacial score (nSPS) is 39.6. The minimum absolute atomic E-state index is 0.153. The molecular formula is C19H25NO2. The van der Waals surface area contributed by atoms with E-state index in [2.05, 4.69) is 24.9 Å². The maximum Gasteiger partial charge on any atom is 0.134 e. The monoisotopic (exact) mass is 299 g/mol. The molecule has 22 heavy (non-hydrogen) atoms. The van der Waals surface area contributed by atoms with Crippen LogP contribution in [0.1, 0.15) is 44.2 Å². The van der Waals surface area contributed by atoms with Gasteiger partial charge in [0.2, 0.25) is 0 Å². The van der Waals surface area contributed by atoms with Gasteiger partial charge in [0.15, 0.2) is 0 Å². The minimum Gasteiger partial charge on any atom is -0.508 e. The highest BCUT2D eigenvalue weighted by molar-refractivity contribution is 5.79. The van der Waals surface area contributed by atoms with Gasteiger partial charge in [0.05, 0.1) is 0 Å². The number of nitrogens with zero attached hydrogens (tertiary/aromatic N) is 1. The smallest absolute Gasteiger partial charge is 0.134 e. The van der Waals surface area contributed by atoms with E-state index in [1.807, 2.05) is 12.1 Å². The Labute approximate surface area is 132 Å². The van der Waals surface area contributed by atoms with Gasteiger partial charge in [-0.2, -0.15) is 0 Å². The number of ketones is 1. The van der Waals surface area contributed by atoms with E-state index in [4.69, 9.17) is 0 Å². The highest BCUT2D eigenvalue weighted by atomic mass is 16.3. The van der Waals surface area contributed by atoms with Crippen LogP contribution in [0.3, 0.4) is 0 Å². The van der Waals surface area contributed by atoms with Gasteiger partial charge >= 0.3 is 0 Å². The van der Waals surface area contributed by atoms with Crippen LogP contribution < -0.4 is 0 Å². The molecule has 3 fully saturated rings. The number of rotatable bonds is 2. The van der Waals surface area contributed by atoms with E-state index in [0.717, 1.165) is 25.7 Å². The Balaban J connectivity index is 1.87. The average Bonchev–Trinajstić information content (AvgIpc) is 2.51. The molecule has 0 spiro atoms. The summed E-state index contributed by atoms with van der Waals surface area (Å²) in [6, 6.07) is 6.84. The number of likely N-dealkylation sites (N-methyl/N-ethyl adjacent to an activating group) is 1. The van der Waals surface area contributed by atoms with Crippen LogP contribution in [0.2, 0.25) is 0 Å². The van der Waals surface area contributed by atoms with Gasteiger partial charge in [0.25, 0.3) is 0 Å². The van der Waals surface area contributed by atoms with E-state index >= 15 is 0 Å². The molecule has 3 heteroatoms. The van der Waals surface area contributed by atoms with E-state index in [1.54, 1.807) is 6.92 Å². The maximum absolute atomic E-state index is 12.1. The number of aromatic hydroxyl groups is 1. The molecule has 0 aromatic heterocycles. The van der Waals surface area contributed by atoms with Crippen LogP contribution in [-0.2, 0) is 16.6 Å². The zero-order valence-electron chi connectivity index (χ0n) is 13.7. The van der Waals surface area contributed by atoms with E-state index in [9.17, 15) is 9.90 Å². The lowest BCUT2D eigenvalue weighted by molar-refractivity contribution is -0.139. The van der Waals surface area contributed by atoms with Crippen LogP contribution in [0.15, 0.2) is 18.2 Å². The fourth-order valence-electron chi connectivity index (χ4n) is 5.87. The zero-order valence-corrected chi connectivity index (χ0v) is 13.7. The molecule has 1 aromatic rings. The Morgan fingerprint density at radius 2 is 2.18 bits per heavy atom. The standard InChI is InChI=1S/C19H25NO2/c1-4-19-10-18-14(11(2)21)9-16(19)17(20(18)3)7-12-5-6-13(22)8-15(12)19/h5-6,8,14,16-18,22H,4,7,9-10H2,1-3H3/t14-,16?,17?,18?,19-/m1/s1. The van der Waals surface area contributed by atoms with Crippen molar-refractivity contribution in [1.82, 2.24) is 4.90 Å². The van der Waals surface area contributed by atoms with Gasteiger partial charge < -0.3 is 5.11 Å². The van der Waals surface area contributed by atoms with Gasteiger partial charge in [0, 0.05) is 23.4 Å². The highest BCUT2D eigenvalue weighted by Gasteiger charge is 2.60. The Morgan fingerprint density at radius 1 is 1.41 bits per heavy atom. The summed E-state index contributed by atoms with van der Waals surface area (Å²) in [5, 5.41) is 9.99. The van der Waals surface area contributed by atoms with Gasteiger partial charge in [-0.3, -0.25) is 9.69 Å². The third kappa shape index (κ3) is 1.63. The molecule has 118 valence electrons. The van der Waals surface area contributed by atoms with Crippen molar-refractivity contribution < 1.29 is 9.90 Å². The SMILES string of the molecule is CC[C@]12CC3[C@@H](C(C)=O)CC1C(Cc1ccc(O)cc12)N3C. The predicted octanol–water partition coefficient (Wildman–Crippen LogP) is 2.89. The lowest BCUT2D eigenvalue weighted by atomic mass is 9.48. The van der Waals surface area contributed by atoms with E-state index in [0.29, 0.717) is 29.5 Å². The second-order valence-corrected chi connectivity index (χ2v) is 7.62. The molecule has 3 nitrogen and oxygen atoms in total. The van der Waals surface area contributed by atoms with E-state index < -0.39 is 0 Å². The summed E-state index contributed by atoms with van der Waals surface area (Å²) >= 11 is 0. The molecule has 5 rings (SSSR count). The number of phenols is 1. The summed E-state index contributed by atoms with van der Waals surface area (Å²) in [6.45, 7) is 4.03. The topological polar surface area (TPSA) is 40.5 Å². The van der Waals surface area contributed by atoms with Crippen LogP contribution in [0, 0.1) is 11.8 Å². The third-order valence-corrected chi connectivity index (χ3v) is 6.98. The van der Waals surface area contributed by atoms with Crippen LogP contribution in [0.25, 0.3) is 0 Å². The van der Waals surface area contributed by atoms with Crippen LogP contribution >= 0.6 is 0 Å². The number of hydrogen-bond acceptors (Lipinski definition) is 3. The lowest BCUT2D eigenvalue weighted by Gasteiger charge is -2.65. The van der Waals surface area contributed by atoms with E-state index in [-0.39, 0.29) is 11.3 Å². The molecule has 3 unspecified atom stereocenters. The van der Waals surface area contributed by atoms with E-state index in [1.165, 1.54) is 11.1 Å². The summed E-state index contributed by atoms with van der Waals surface area (Å²) in [7, 11) is 2.21. The largest absolute Gasteiger partial charge is 0.508 e. The summed E-state index contributed by atoms with van der Waals surface area (Å²) in [6.07, 6.45) is 4.24. The van der Waals surface area contributed by atoms with Crippen LogP contribution in [0.5, 0.6) is 5.75 Å². The molecule has 1 saturated carbocycles. The summed E-state index contributed by atoms with van der Waals surface area (Å²) < 4.78 is 0. The fourth-order valence-corrected chi connectivity index (χ4v) is 5.87. The summed E-state index contributed by atoms with van der Waals surface area (Å²) in [5.41, 5.74) is 2.91. The van der Waals surface area contributed by atoms with Crippen molar-refractivity contribution >= 4 is 5.78 Å². The molecule has 2 heterocycles. The van der Waals surface area contributed by atoms with Crippen molar-refractivity contribution in [2.24, 2.45) is 11.8 Å². The number of benzene rings is 1. The van der Waals surface area contributed by atoms with Crippen molar-refractivity contribution in [3.63, 3.8) is 0 Å². The van der Waals surface area contributed by atoms with Gasteiger partial charge in [0.1, 0.15) is 11.5 Å². The summed E-state index contributed by atoms with van der Waals surface area (Å²) in [5.74, 6) is 1.46. The Morgan fingerprint density at radius 3 is 2.86 bits per heavy atom. The first-order chi connectivity index (χ1) is 10.5. The second-order valence-electron chi connectivity index (χ2n) is 7.62. The van der Waals surface area contributed by atoms with Crippen molar-refractivity contribution in [2.75, 3.05) is 7.05 Å². The predicted molar refractivity (Wildman–Crippen MR) is 86.0 cm³/mol. The number of fused-ring (bicyclic) bond motifs is 2. The number of hydrogen-bond donors (Lipinski definition) is 1. The quantitative estimate of drug-likeness (QED) is 0.913. The molecule has 2 aliphatic heterocycles. The van der Waals surface area contributed by atoms with Gasteiger partial charge in [-0.15, -0.1) is 0 Å². The van der Waals surface area contributed by atoms with Crippen LogP contribution in [0.4, 0.5) is 0 Å². The Kier molecular flexibility index (Phi) is 2.96. The van der Waals surface area contributed by atoms with Crippen molar-refractivity contribution in [2.45, 2.75) is 57.0 Å². The van der Waals surface area contributed by atoms with Crippen molar-refractivity contribution in [1.29, 1.82) is 0 Å². The van der Waals surface area contributed by atoms with Gasteiger partial charge in [-0.05, 0) is 68.8 Å². The van der Waals surface area contributed by atoms with Gasteiger partial charge in [-0.25, -0.2) is 0 Å². The number of piperidine rings is 2. The minimum atomic E-state index is 0.153. The molecule has 1 N–H and O–H groups in total. The molecule has 2 saturated heterocycles. The average molecular weight is 299 g/mol. The first-order valence-corrected chi connectivity index (χ1v) is 8.52. The lowest BCUT2D eigenvalue weighted by Crippen LogP contribution is -2.69. The zero-order chi connectivity index (χ0) is 15.6. The highest BCUT2D eigenvalue weighted by Crippen LogP contribution is 2.59. The number of carbonyl (C=O) groups excluding carboxylic acids is 1. The Hall–Kier alpha value is -1.35. The summed E-state index contributed by atoms with van der Waals surface area (Å²) in [4.78, 5) is 14.6. The second kappa shape index (κ2) is 4.58. The first kappa shape index (κ1) is 14.3. The number of phenolic OH excluding ortho intramolecular Hbond substituents is 1. The van der Waals surface area contributed by atoms with Crippen molar-refractivity contribution in [3.05, 3.63) is 29.3 Å². The molecule has 2 aliphatic carbocycles. The maximum atomic E-state index is 12.1. The molecule has 5 atom stereocenters. The molecule has 1 aromatic carbocycles. The molecule has 4 bridgehead atoms. The van der Waals surface area contributed by atoms with Crippen LogP contribution in [-0.4, -0.2) is 34.9 Å². The first-order valence-electron chi connectivity index (χ1n) is 8.52. The van der Waals surface area contributed by atoms with Crippen molar-refractivity contribution in [3.8, 4) is 5.75 Å². The molecule has 0 radical (unpaired) electrons. The number of carbonyl (C=O) groups is 1.